The lowest BCUT2D eigenvalue weighted by Crippen LogP contribution is -2.19. The van der Waals surface area contributed by atoms with Crippen molar-refractivity contribution >= 4 is 11.6 Å². The van der Waals surface area contributed by atoms with Gasteiger partial charge in [-0.05, 0) is 44.5 Å². The molecule has 0 bridgehead atoms. The van der Waals surface area contributed by atoms with Crippen molar-refractivity contribution in [3.8, 4) is 0 Å². The Kier molecular flexibility index (Phi) is 3.80. The van der Waals surface area contributed by atoms with Crippen molar-refractivity contribution in [3.63, 3.8) is 0 Å². The maximum absolute atomic E-state index is 11.7. The van der Waals surface area contributed by atoms with E-state index in [-0.39, 0.29) is 11.7 Å². The lowest BCUT2D eigenvalue weighted by atomic mass is 10.0. The molecule has 0 saturated carbocycles. The van der Waals surface area contributed by atoms with Crippen molar-refractivity contribution < 1.29 is 9.21 Å². The number of hydrogen-bond acceptors (Lipinski definition) is 3. The van der Waals surface area contributed by atoms with E-state index in [9.17, 15) is 4.79 Å². The highest BCUT2D eigenvalue weighted by molar-refractivity contribution is 6.01. The summed E-state index contributed by atoms with van der Waals surface area (Å²) in [4.78, 5) is 11.7. The Morgan fingerprint density at radius 1 is 1.26 bits per heavy atom. The van der Waals surface area contributed by atoms with Gasteiger partial charge in [-0.2, -0.15) is 5.10 Å². The summed E-state index contributed by atoms with van der Waals surface area (Å²) < 4.78 is 4.99. The second-order valence-electron chi connectivity index (χ2n) is 4.43. The number of rotatable bonds is 3. The Hall–Kier alpha value is -2.36. The highest BCUT2D eigenvalue weighted by Crippen LogP contribution is 2.11. The molecular formula is C15H16N2O2. The number of nitrogens with zero attached hydrogens (tertiary/aromatic N) is 1. The predicted molar refractivity (Wildman–Crippen MR) is 74.3 cm³/mol. The van der Waals surface area contributed by atoms with Crippen LogP contribution >= 0.6 is 0 Å². The fourth-order valence-electron chi connectivity index (χ4n) is 1.78. The van der Waals surface area contributed by atoms with Gasteiger partial charge >= 0.3 is 5.91 Å². The van der Waals surface area contributed by atoms with Crippen molar-refractivity contribution in [2.45, 2.75) is 20.8 Å². The molecule has 2 rings (SSSR count). The molecule has 1 aromatic heterocycles. The van der Waals surface area contributed by atoms with E-state index >= 15 is 0 Å². The van der Waals surface area contributed by atoms with Gasteiger partial charge in [-0.3, -0.25) is 4.79 Å². The molecule has 0 atom stereocenters. The minimum absolute atomic E-state index is 0.248. The summed E-state index contributed by atoms with van der Waals surface area (Å²) in [6.07, 6.45) is 1.45. The molecule has 19 heavy (non-hydrogen) atoms. The van der Waals surface area contributed by atoms with Crippen LogP contribution in [0.3, 0.4) is 0 Å². The van der Waals surface area contributed by atoms with Crippen LogP contribution in [-0.2, 0) is 0 Å². The van der Waals surface area contributed by atoms with Crippen LogP contribution < -0.4 is 5.43 Å². The van der Waals surface area contributed by atoms with Crippen LogP contribution in [0.5, 0.6) is 0 Å². The minimum atomic E-state index is -0.352. The molecule has 0 unspecified atom stereocenters. The SMILES string of the molecule is C/C(=N/NC(=O)c1ccco1)c1cc(C)ccc1C. The molecule has 98 valence electrons. The molecule has 1 heterocycles. The van der Waals surface area contributed by atoms with Gasteiger partial charge in [-0.15, -0.1) is 0 Å². The van der Waals surface area contributed by atoms with Crippen LogP contribution in [0.1, 0.15) is 34.2 Å². The van der Waals surface area contributed by atoms with Crippen molar-refractivity contribution in [3.05, 3.63) is 59.0 Å². The van der Waals surface area contributed by atoms with Gasteiger partial charge in [0.15, 0.2) is 5.76 Å². The maximum atomic E-state index is 11.7. The van der Waals surface area contributed by atoms with E-state index in [1.54, 1.807) is 12.1 Å². The number of carbonyl (C=O) groups excluding carboxylic acids is 1. The number of benzene rings is 1. The van der Waals surface area contributed by atoms with E-state index in [4.69, 9.17) is 4.42 Å². The number of carbonyl (C=O) groups is 1. The molecule has 0 spiro atoms. The monoisotopic (exact) mass is 256 g/mol. The Morgan fingerprint density at radius 3 is 2.74 bits per heavy atom. The van der Waals surface area contributed by atoms with E-state index in [0.29, 0.717) is 0 Å². The Morgan fingerprint density at radius 2 is 2.05 bits per heavy atom. The van der Waals surface area contributed by atoms with Crippen LogP contribution in [-0.4, -0.2) is 11.6 Å². The van der Waals surface area contributed by atoms with Gasteiger partial charge < -0.3 is 4.42 Å². The Bertz CT molecular complexity index is 613. The largest absolute Gasteiger partial charge is 0.459 e. The second-order valence-corrected chi connectivity index (χ2v) is 4.43. The zero-order valence-corrected chi connectivity index (χ0v) is 11.2. The minimum Gasteiger partial charge on any atom is -0.459 e. The summed E-state index contributed by atoms with van der Waals surface area (Å²) in [7, 11) is 0. The first-order valence-electron chi connectivity index (χ1n) is 6.03. The second kappa shape index (κ2) is 5.52. The van der Waals surface area contributed by atoms with Crippen LogP contribution in [0, 0.1) is 13.8 Å². The van der Waals surface area contributed by atoms with Gasteiger partial charge in [0, 0.05) is 5.56 Å². The molecular weight excluding hydrogens is 240 g/mol. The Balaban J connectivity index is 2.15. The van der Waals surface area contributed by atoms with Gasteiger partial charge in [-0.25, -0.2) is 5.43 Å². The number of furan rings is 1. The zero-order valence-electron chi connectivity index (χ0n) is 11.2. The smallest absolute Gasteiger partial charge is 0.307 e. The number of hydrogen-bond donors (Lipinski definition) is 1. The zero-order chi connectivity index (χ0) is 13.8. The summed E-state index contributed by atoms with van der Waals surface area (Å²) >= 11 is 0. The van der Waals surface area contributed by atoms with Crippen LogP contribution in [0.25, 0.3) is 0 Å². The molecule has 0 aliphatic heterocycles. The summed E-state index contributed by atoms with van der Waals surface area (Å²) in [5.41, 5.74) is 6.56. The third-order valence-electron chi connectivity index (χ3n) is 2.85. The molecule has 0 fully saturated rings. The third kappa shape index (κ3) is 3.10. The maximum Gasteiger partial charge on any atom is 0.307 e. The predicted octanol–water partition coefficient (Wildman–Crippen LogP) is 3.05. The van der Waals surface area contributed by atoms with Crippen molar-refractivity contribution in [2.24, 2.45) is 5.10 Å². The van der Waals surface area contributed by atoms with E-state index in [1.165, 1.54) is 6.26 Å². The summed E-state index contributed by atoms with van der Waals surface area (Å²) in [6.45, 7) is 5.91. The first-order valence-corrected chi connectivity index (χ1v) is 6.03. The molecule has 1 N–H and O–H groups in total. The highest BCUT2D eigenvalue weighted by atomic mass is 16.3. The highest BCUT2D eigenvalue weighted by Gasteiger charge is 2.08. The Labute approximate surface area is 112 Å². The van der Waals surface area contributed by atoms with E-state index in [2.05, 4.69) is 10.5 Å². The molecule has 0 aliphatic rings. The quantitative estimate of drug-likeness (QED) is 0.677. The summed E-state index contributed by atoms with van der Waals surface area (Å²) in [5, 5.41) is 4.11. The first-order chi connectivity index (χ1) is 9.08. The molecule has 0 saturated heterocycles. The van der Waals surface area contributed by atoms with Gasteiger partial charge in [0.25, 0.3) is 0 Å². The standard InChI is InChI=1S/C15H16N2O2/c1-10-6-7-11(2)13(9-10)12(3)16-17-15(18)14-5-4-8-19-14/h4-9H,1-3H3,(H,17,18)/b16-12-. The number of nitrogens with one attached hydrogen (secondary N) is 1. The van der Waals surface area contributed by atoms with Crippen molar-refractivity contribution in [1.82, 2.24) is 5.43 Å². The average molecular weight is 256 g/mol. The van der Waals surface area contributed by atoms with Crippen LogP contribution in [0.15, 0.2) is 46.1 Å². The molecule has 0 radical (unpaired) electrons. The average Bonchev–Trinajstić information content (AvgIpc) is 2.92. The lowest BCUT2D eigenvalue weighted by molar-refractivity contribution is 0.0927. The van der Waals surface area contributed by atoms with Crippen LogP contribution in [0.4, 0.5) is 0 Å². The summed E-state index contributed by atoms with van der Waals surface area (Å²) in [6, 6.07) is 9.40. The van der Waals surface area contributed by atoms with Crippen molar-refractivity contribution in [1.29, 1.82) is 0 Å². The molecule has 1 aromatic carbocycles. The van der Waals surface area contributed by atoms with Gasteiger partial charge in [0.05, 0.1) is 12.0 Å². The lowest BCUT2D eigenvalue weighted by Gasteiger charge is -2.06. The fourth-order valence-corrected chi connectivity index (χ4v) is 1.78. The van der Waals surface area contributed by atoms with Gasteiger partial charge in [0.1, 0.15) is 0 Å². The van der Waals surface area contributed by atoms with Crippen molar-refractivity contribution in [2.75, 3.05) is 0 Å². The number of hydrazone groups is 1. The topological polar surface area (TPSA) is 54.6 Å². The fraction of sp³-hybridized carbons (Fsp3) is 0.200. The molecule has 0 aliphatic carbocycles. The molecule has 4 heteroatoms. The van der Waals surface area contributed by atoms with E-state index in [0.717, 1.165) is 22.4 Å². The third-order valence-corrected chi connectivity index (χ3v) is 2.85. The normalized spacial score (nSPS) is 11.4. The molecule has 4 nitrogen and oxygen atoms in total. The number of aryl methyl sites for hydroxylation is 2. The number of amides is 1. The molecule has 1 amide bonds. The summed E-state index contributed by atoms with van der Waals surface area (Å²) in [5.74, 6) is -0.104. The molecule has 2 aromatic rings. The van der Waals surface area contributed by atoms with Gasteiger partial charge in [0.2, 0.25) is 0 Å². The van der Waals surface area contributed by atoms with Crippen LogP contribution in [0.2, 0.25) is 0 Å². The first kappa shape index (κ1) is 13.1. The van der Waals surface area contributed by atoms with Gasteiger partial charge in [-0.1, -0.05) is 17.7 Å². The van der Waals surface area contributed by atoms with E-state index in [1.807, 2.05) is 39.0 Å². The van der Waals surface area contributed by atoms with E-state index < -0.39 is 0 Å².